The van der Waals surface area contributed by atoms with Crippen LogP contribution in [0.2, 0.25) is 0 Å². The van der Waals surface area contributed by atoms with Crippen molar-refractivity contribution in [3.8, 4) is 0 Å². The summed E-state index contributed by atoms with van der Waals surface area (Å²) in [5.41, 5.74) is 0.0887. The molecule has 1 aromatic carbocycles. The highest BCUT2D eigenvalue weighted by molar-refractivity contribution is 5.94. The van der Waals surface area contributed by atoms with Gasteiger partial charge in [-0.2, -0.15) is 0 Å². The van der Waals surface area contributed by atoms with Gasteiger partial charge in [-0.15, -0.1) is 0 Å². The van der Waals surface area contributed by atoms with Crippen molar-refractivity contribution < 1.29 is 24.5 Å². The third-order valence-electron chi connectivity index (χ3n) is 1.62. The molecule has 0 spiro atoms. The highest BCUT2D eigenvalue weighted by Gasteiger charge is 2.12. The van der Waals surface area contributed by atoms with Gasteiger partial charge in [0.2, 0.25) is 0 Å². The Morgan fingerprint density at radius 1 is 1.33 bits per heavy atom. The first kappa shape index (κ1) is 11.2. The molecule has 1 unspecified atom stereocenters. The largest absolute Gasteiger partial charge is 0.478 e. The monoisotopic (exact) mass is 210 g/mol. The maximum absolute atomic E-state index is 11.3. The number of carboxylic acid groups (broad SMARTS) is 1. The fraction of sp³-hybridized carbons (Fsp3) is 0.200. The number of rotatable bonds is 3. The topological polar surface area (TPSA) is 83.8 Å². The average Bonchev–Trinajstić information content (AvgIpc) is 2.17. The van der Waals surface area contributed by atoms with E-state index in [1.165, 1.54) is 31.2 Å². The smallest absolute Gasteiger partial charge is 0.340 e. The molecule has 1 aromatic rings. The molecule has 2 N–H and O–H groups in total. The molecule has 0 aliphatic rings. The van der Waals surface area contributed by atoms with Crippen LogP contribution in [0, 0.1) is 0 Å². The Bertz CT molecular complexity index is 383. The normalized spacial score (nSPS) is 11.9. The lowest BCUT2D eigenvalue weighted by atomic mass is 10.1. The van der Waals surface area contributed by atoms with E-state index in [2.05, 4.69) is 4.74 Å². The quantitative estimate of drug-likeness (QED) is 0.571. The van der Waals surface area contributed by atoms with Gasteiger partial charge in [0, 0.05) is 0 Å². The minimum atomic E-state index is -1.22. The summed E-state index contributed by atoms with van der Waals surface area (Å²) in [5.74, 6) is -1.88. The fourth-order valence-corrected chi connectivity index (χ4v) is 1.00. The zero-order valence-corrected chi connectivity index (χ0v) is 8.01. The van der Waals surface area contributed by atoms with E-state index in [0.717, 1.165) is 0 Å². The summed E-state index contributed by atoms with van der Waals surface area (Å²) in [4.78, 5) is 21.9. The Labute approximate surface area is 85.9 Å². The van der Waals surface area contributed by atoms with Gasteiger partial charge < -0.3 is 14.9 Å². The molecule has 0 aliphatic heterocycles. The molecule has 5 nitrogen and oxygen atoms in total. The molecule has 5 heteroatoms. The summed E-state index contributed by atoms with van der Waals surface area (Å²) < 4.78 is 4.49. The number of carboxylic acids is 1. The van der Waals surface area contributed by atoms with Crippen molar-refractivity contribution in [2.24, 2.45) is 0 Å². The summed E-state index contributed by atoms with van der Waals surface area (Å²) in [7, 11) is 0. The molecule has 80 valence electrons. The lowest BCUT2D eigenvalue weighted by Crippen LogP contribution is -2.14. The van der Waals surface area contributed by atoms with Crippen LogP contribution < -0.4 is 0 Å². The summed E-state index contributed by atoms with van der Waals surface area (Å²) in [6.07, 6.45) is -1.22. The zero-order chi connectivity index (χ0) is 11.4. The molecule has 0 saturated heterocycles. The van der Waals surface area contributed by atoms with Gasteiger partial charge >= 0.3 is 11.9 Å². The van der Waals surface area contributed by atoms with E-state index in [0.29, 0.717) is 0 Å². The number of hydrogen-bond donors (Lipinski definition) is 2. The van der Waals surface area contributed by atoms with Crippen molar-refractivity contribution in [2.75, 3.05) is 0 Å². The molecule has 1 rings (SSSR count). The summed E-state index contributed by atoms with van der Waals surface area (Å²) in [6.45, 7) is 1.29. The number of aliphatic hydroxyl groups is 1. The van der Waals surface area contributed by atoms with Crippen molar-refractivity contribution >= 4 is 11.9 Å². The molecule has 0 heterocycles. The number of ether oxygens (including phenoxy) is 1. The van der Waals surface area contributed by atoms with Gasteiger partial charge in [-0.25, -0.2) is 9.59 Å². The van der Waals surface area contributed by atoms with Crippen LogP contribution in [0.4, 0.5) is 0 Å². The summed E-state index contributed by atoms with van der Waals surface area (Å²) >= 11 is 0. The van der Waals surface area contributed by atoms with E-state index < -0.39 is 18.2 Å². The second-order valence-corrected chi connectivity index (χ2v) is 2.89. The van der Waals surface area contributed by atoms with Gasteiger partial charge in [0.05, 0.1) is 11.1 Å². The molecule has 0 amide bonds. The van der Waals surface area contributed by atoms with Crippen LogP contribution >= 0.6 is 0 Å². The highest BCUT2D eigenvalue weighted by atomic mass is 16.6. The number of carbonyl (C=O) groups is 2. The lowest BCUT2D eigenvalue weighted by Gasteiger charge is -2.06. The molecule has 0 radical (unpaired) electrons. The second-order valence-electron chi connectivity index (χ2n) is 2.89. The predicted molar refractivity (Wildman–Crippen MR) is 50.5 cm³/mol. The van der Waals surface area contributed by atoms with Crippen LogP contribution in [0.1, 0.15) is 27.6 Å². The van der Waals surface area contributed by atoms with Crippen molar-refractivity contribution in [3.05, 3.63) is 35.4 Å². The number of aliphatic hydroxyl groups excluding tert-OH is 1. The third kappa shape index (κ3) is 3.07. The van der Waals surface area contributed by atoms with E-state index in [1.807, 2.05) is 0 Å². The van der Waals surface area contributed by atoms with Gasteiger partial charge in [-0.1, -0.05) is 6.07 Å². The number of hydrogen-bond acceptors (Lipinski definition) is 4. The first-order chi connectivity index (χ1) is 7.00. The molecule has 1 atom stereocenters. The third-order valence-corrected chi connectivity index (χ3v) is 1.62. The molecular weight excluding hydrogens is 200 g/mol. The van der Waals surface area contributed by atoms with Gasteiger partial charge in [0.25, 0.3) is 0 Å². The van der Waals surface area contributed by atoms with Crippen LogP contribution in [0.15, 0.2) is 24.3 Å². The Morgan fingerprint density at radius 3 is 2.47 bits per heavy atom. The highest BCUT2D eigenvalue weighted by Crippen LogP contribution is 2.07. The fourth-order valence-electron chi connectivity index (χ4n) is 1.00. The Balaban J connectivity index is 2.90. The van der Waals surface area contributed by atoms with Crippen molar-refractivity contribution in [1.82, 2.24) is 0 Å². The van der Waals surface area contributed by atoms with Crippen LogP contribution in [0.25, 0.3) is 0 Å². The van der Waals surface area contributed by atoms with Gasteiger partial charge in [0.1, 0.15) is 0 Å². The van der Waals surface area contributed by atoms with Gasteiger partial charge in [-0.3, -0.25) is 0 Å². The molecule has 0 bridgehead atoms. The standard InChI is InChI=1S/C10H10O5/c1-6(11)15-10(14)8-4-2-3-7(5-8)9(12)13/h2-6,11H,1H3,(H,12,13). The number of benzene rings is 1. The van der Waals surface area contributed by atoms with Crippen molar-refractivity contribution in [2.45, 2.75) is 13.2 Å². The first-order valence-corrected chi connectivity index (χ1v) is 4.23. The van der Waals surface area contributed by atoms with Crippen molar-refractivity contribution in [3.63, 3.8) is 0 Å². The molecular formula is C10H10O5. The SMILES string of the molecule is CC(O)OC(=O)c1cccc(C(=O)O)c1. The average molecular weight is 210 g/mol. The van der Waals surface area contributed by atoms with E-state index in [1.54, 1.807) is 0 Å². The molecule has 0 fully saturated rings. The lowest BCUT2D eigenvalue weighted by molar-refractivity contribution is -0.0523. The number of esters is 1. The van der Waals surface area contributed by atoms with Crippen LogP contribution in [0.5, 0.6) is 0 Å². The number of aromatic carboxylic acids is 1. The summed E-state index contributed by atoms with van der Waals surface area (Å²) in [6, 6.07) is 5.40. The summed E-state index contributed by atoms with van der Waals surface area (Å²) in [5, 5.41) is 17.5. The molecule has 0 aromatic heterocycles. The van der Waals surface area contributed by atoms with E-state index >= 15 is 0 Å². The first-order valence-electron chi connectivity index (χ1n) is 4.23. The van der Waals surface area contributed by atoms with Gasteiger partial charge in [-0.05, 0) is 25.1 Å². The van der Waals surface area contributed by atoms with Gasteiger partial charge in [0.15, 0.2) is 6.29 Å². The zero-order valence-electron chi connectivity index (χ0n) is 8.01. The maximum Gasteiger partial charge on any atom is 0.340 e. The Morgan fingerprint density at radius 2 is 1.93 bits per heavy atom. The second kappa shape index (κ2) is 4.56. The maximum atomic E-state index is 11.3. The molecule has 0 saturated carbocycles. The van der Waals surface area contributed by atoms with Crippen LogP contribution in [-0.2, 0) is 4.74 Å². The minimum Gasteiger partial charge on any atom is -0.478 e. The van der Waals surface area contributed by atoms with Crippen LogP contribution in [-0.4, -0.2) is 28.4 Å². The molecule has 0 aliphatic carbocycles. The van der Waals surface area contributed by atoms with E-state index in [9.17, 15) is 9.59 Å². The van der Waals surface area contributed by atoms with Crippen LogP contribution in [0.3, 0.4) is 0 Å². The Kier molecular flexibility index (Phi) is 3.41. The van der Waals surface area contributed by atoms with Crippen molar-refractivity contribution in [1.29, 1.82) is 0 Å². The molecule has 15 heavy (non-hydrogen) atoms. The van der Waals surface area contributed by atoms with E-state index in [-0.39, 0.29) is 11.1 Å². The number of carbonyl (C=O) groups excluding carboxylic acids is 1. The minimum absolute atomic E-state index is 0.00459. The Hall–Kier alpha value is -1.88. The predicted octanol–water partition coefficient (Wildman–Crippen LogP) is 0.880. The van der Waals surface area contributed by atoms with E-state index in [4.69, 9.17) is 10.2 Å².